The van der Waals surface area contributed by atoms with Crippen LogP contribution in [0.5, 0.6) is 5.75 Å². The molecule has 5 heteroatoms. The zero-order valence-corrected chi connectivity index (χ0v) is 15.7. The molecule has 0 spiro atoms. The highest BCUT2D eigenvalue weighted by Crippen LogP contribution is 2.28. The summed E-state index contributed by atoms with van der Waals surface area (Å²) < 4.78 is 11.4. The number of carbonyl (C=O) groups excluding carboxylic acids is 1. The molecule has 0 aliphatic heterocycles. The van der Waals surface area contributed by atoms with Crippen LogP contribution >= 0.6 is 0 Å². The molecule has 0 bridgehead atoms. The van der Waals surface area contributed by atoms with Crippen LogP contribution in [0.1, 0.15) is 11.1 Å². The Labute approximate surface area is 163 Å². The maximum atomic E-state index is 12.3. The first-order valence-corrected chi connectivity index (χ1v) is 9.04. The Morgan fingerprint density at radius 1 is 1.04 bits per heavy atom. The number of oxazole rings is 1. The van der Waals surface area contributed by atoms with Crippen LogP contribution in [0.4, 0.5) is 5.69 Å². The van der Waals surface area contributed by atoms with Crippen LogP contribution in [0.3, 0.4) is 0 Å². The molecule has 0 aliphatic carbocycles. The molecule has 1 amide bonds. The Balaban J connectivity index is 1.52. The van der Waals surface area contributed by atoms with Gasteiger partial charge in [-0.15, -0.1) is 0 Å². The smallest absolute Gasteiger partial charge is 0.262 e. The van der Waals surface area contributed by atoms with Crippen LogP contribution in [0.2, 0.25) is 0 Å². The minimum Gasteiger partial charge on any atom is -0.484 e. The molecular weight excluding hydrogens is 352 g/mol. The Morgan fingerprint density at radius 2 is 1.86 bits per heavy atom. The zero-order valence-electron chi connectivity index (χ0n) is 15.7. The third kappa shape index (κ3) is 3.88. The molecule has 0 atom stereocenters. The standard InChI is InChI=1S/C23H20N2O3/c1-15-8-11-19-21(12-15)28-23(25-19)17-10-9-16(2)20(13-17)24-22(26)14-27-18-6-4-3-5-7-18/h3-13H,14H2,1-2H3,(H,24,26). The van der Waals surface area contributed by atoms with Crippen molar-refractivity contribution in [3.8, 4) is 17.2 Å². The number of nitrogens with zero attached hydrogens (tertiary/aromatic N) is 1. The second kappa shape index (κ2) is 7.56. The number of carbonyl (C=O) groups is 1. The van der Waals surface area contributed by atoms with Gasteiger partial charge in [-0.05, 0) is 61.4 Å². The third-order valence-corrected chi connectivity index (χ3v) is 4.42. The Hall–Kier alpha value is -3.60. The summed E-state index contributed by atoms with van der Waals surface area (Å²) in [5.41, 5.74) is 5.13. The topological polar surface area (TPSA) is 64.4 Å². The molecule has 4 aromatic rings. The fraction of sp³-hybridized carbons (Fsp3) is 0.130. The highest BCUT2D eigenvalue weighted by molar-refractivity contribution is 5.93. The lowest BCUT2D eigenvalue weighted by molar-refractivity contribution is -0.118. The number of anilines is 1. The van der Waals surface area contributed by atoms with E-state index in [0.29, 0.717) is 17.3 Å². The van der Waals surface area contributed by atoms with Gasteiger partial charge in [-0.3, -0.25) is 4.79 Å². The van der Waals surface area contributed by atoms with E-state index >= 15 is 0 Å². The minimum atomic E-state index is -0.225. The molecule has 0 aliphatic rings. The van der Waals surface area contributed by atoms with Crippen LogP contribution < -0.4 is 10.1 Å². The van der Waals surface area contributed by atoms with Crippen molar-refractivity contribution in [3.63, 3.8) is 0 Å². The number of rotatable bonds is 5. The van der Waals surface area contributed by atoms with Gasteiger partial charge in [0.15, 0.2) is 12.2 Å². The first kappa shape index (κ1) is 17.8. The van der Waals surface area contributed by atoms with Crippen LogP contribution in [-0.4, -0.2) is 17.5 Å². The van der Waals surface area contributed by atoms with Crippen LogP contribution in [0.25, 0.3) is 22.6 Å². The molecule has 1 heterocycles. The van der Waals surface area contributed by atoms with E-state index in [0.717, 1.165) is 27.8 Å². The molecule has 0 unspecified atom stereocenters. The maximum absolute atomic E-state index is 12.3. The second-order valence-electron chi connectivity index (χ2n) is 6.67. The molecule has 1 aromatic heterocycles. The zero-order chi connectivity index (χ0) is 19.5. The quantitative estimate of drug-likeness (QED) is 0.527. The second-order valence-corrected chi connectivity index (χ2v) is 6.67. The number of nitrogens with one attached hydrogen (secondary N) is 1. The van der Waals surface area contributed by atoms with Gasteiger partial charge in [-0.1, -0.05) is 30.3 Å². The number of hydrogen-bond acceptors (Lipinski definition) is 4. The number of aryl methyl sites for hydroxylation is 2. The highest BCUT2D eigenvalue weighted by atomic mass is 16.5. The predicted octanol–water partition coefficient (Wildman–Crippen LogP) is 5.13. The fourth-order valence-electron chi connectivity index (χ4n) is 2.90. The van der Waals surface area contributed by atoms with Gasteiger partial charge in [0, 0.05) is 11.3 Å². The van der Waals surface area contributed by atoms with Gasteiger partial charge in [-0.2, -0.15) is 0 Å². The van der Waals surface area contributed by atoms with E-state index in [-0.39, 0.29) is 12.5 Å². The normalized spacial score (nSPS) is 10.8. The van der Waals surface area contributed by atoms with Crippen molar-refractivity contribution in [2.45, 2.75) is 13.8 Å². The largest absolute Gasteiger partial charge is 0.484 e. The molecule has 140 valence electrons. The van der Waals surface area contributed by atoms with Crippen molar-refractivity contribution < 1.29 is 13.9 Å². The Kier molecular flexibility index (Phi) is 4.81. The number of hydrogen-bond donors (Lipinski definition) is 1. The number of fused-ring (bicyclic) bond motifs is 1. The Morgan fingerprint density at radius 3 is 2.68 bits per heavy atom. The number of ether oxygens (including phenoxy) is 1. The lowest BCUT2D eigenvalue weighted by atomic mass is 10.1. The SMILES string of the molecule is Cc1ccc2nc(-c3ccc(C)c(NC(=O)COc4ccccc4)c3)oc2c1. The summed E-state index contributed by atoms with van der Waals surface area (Å²) in [7, 11) is 0. The van der Waals surface area contributed by atoms with Crippen molar-refractivity contribution in [3.05, 3.63) is 77.9 Å². The van der Waals surface area contributed by atoms with E-state index in [9.17, 15) is 4.79 Å². The number of para-hydroxylation sites is 1. The molecule has 0 saturated carbocycles. The molecule has 5 nitrogen and oxygen atoms in total. The van der Waals surface area contributed by atoms with E-state index in [1.54, 1.807) is 0 Å². The van der Waals surface area contributed by atoms with E-state index in [2.05, 4.69) is 10.3 Å². The number of aromatic nitrogens is 1. The molecular formula is C23H20N2O3. The lowest BCUT2D eigenvalue weighted by Crippen LogP contribution is -2.20. The summed E-state index contributed by atoms with van der Waals surface area (Å²) in [4.78, 5) is 16.8. The molecule has 1 N–H and O–H groups in total. The summed E-state index contributed by atoms with van der Waals surface area (Å²) in [6, 6.07) is 20.9. The fourth-order valence-corrected chi connectivity index (χ4v) is 2.90. The lowest BCUT2D eigenvalue weighted by Gasteiger charge is -2.10. The third-order valence-electron chi connectivity index (χ3n) is 4.42. The minimum absolute atomic E-state index is 0.0597. The van der Waals surface area contributed by atoms with E-state index < -0.39 is 0 Å². The van der Waals surface area contributed by atoms with E-state index in [1.165, 1.54) is 0 Å². The predicted molar refractivity (Wildman–Crippen MR) is 109 cm³/mol. The summed E-state index contributed by atoms with van der Waals surface area (Å²) in [5.74, 6) is 0.957. The number of benzene rings is 3. The molecule has 0 saturated heterocycles. The van der Waals surface area contributed by atoms with Gasteiger partial charge >= 0.3 is 0 Å². The van der Waals surface area contributed by atoms with Crippen LogP contribution in [0, 0.1) is 13.8 Å². The van der Waals surface area contributed by atoms with Gasteiger partial charge < -0.3 is 14.5 Å². The molecule has 3 aromatic carbocycles. The summed E-state index contributed by atoms with van der Waals surface area (Å²) in [5, 5.41) is 2.90. The first-order valence-electron chi connectivity index (χ1n) is 9.04. The highest BCUT2D eigenvalue weighted by Gasteiger charge is 2.12. The average Bonchev–Trinajstić information content (AvgIpc) is 3.12. The van der Waals surface area contributed by atoms with Gasteiger partial charge in [0.2, 0.25) is 5.89 Å². The van der Waals surface area contributed by atoms with Crippen molar-refractivity contribution >= 4 is 22.7 Å². The summed E-state index contributed by atoms with van der Waals surface area (Å²) >= 11 is 0. The van der Waals surface area contributed by atoms with Gasteiger partial charge in [0.25, 0.3) is 5.91 Å². The van der Waals surface area contributed by atoms with Crippen LogP contribution in [-0.2, 0) is 4.79 Å². The summed E-state index contributed by atoms with van der Waals surface area (Å²) in [6.45, 7) is 3.89. The summed E-state index contributed by atoms with van der Waals surface area (Å²) in [6.07, 6.45) is 0. The maximum Gasteiger partial charge on any atom is 0.262 e. The van der Waals surface area contributed by atoms with Crippen LogP contribution in [0.15, 0.2) is 71.1 Å². The van der Waals surface area contributed by atoms with Crippen molar-refractivity contribution in [2.75, 3.05) is 11.9 Å². The molecule has 0 radical (unpaired) electrons. The Bertz CT molecular complexity index is 1130. The number of amides is 1. The van der Waals surface area contributed by atoms with Crippen molar-refractivity contribution in [1.29, 1.82) is 0 Å². The van der Waals surface area contributed by atoms with E-state index in [4.69, 9.17) is 9.15 Å². The average molecular weight is 372 g/mol. The van der Waals surface area contributed by atoms with Gasteiger partial charge in [0.1, 0.15) is 11.3 Å². The molecule has 28 heavy (non-hydrogen) atoms. The van der Waals surface area contributed by atoms with E-state index in [1.807, 2.05) is 80.6 Å². The van der Waals surface area contributed by atoms with Crippen molar-refractivity contribution in [1.82, 2.24) is 4.98 Å². The molecule has 4 rings (SSSR count). The van der Waals surface area contributed by atoms with Gasteiger partial charge in [-0.25, -0.2) is 4.98 Å². The molecule has 0 fully saturated rings. The van der Waals surface area contributed by atoms with Crippen molar-refractivity contribution in [2.24, 2.45) is 0 Å². The van der Waals surface area contributed by atoms with Gasteiger partial charge in [0.05, 0.1) is 0 Å². The first-order chi connectivity index (χ1) is 13.6. The monoisotopic (exact) mass is 372 g/mol.